The zero-order chi connectivity index (χ0) is 14.5. The van der Waals surface area contributed by atoms with Gasteiger partial charge in [-0.1, -0.05) is 0 Å². The summed E-state index contributed by atoms with van der Waals surface area (Å²) in [5.41, 5.74) is 2.08. The third-order valence-electron chi connectivity index (χ3n) is 3.06. The van der Waals surface area contributed by atoms with E-state index in [1.165, 1.54) is 0 Å². The number of nitrogens with zero attached hydrogens (tertiary/aromatic N) is 3. The first-order chi connectivity index (χ1) is 9.65. The van der Waals surface area contributed by atoms with E-state index < -0.39 is 0 Å². The minimum atomic E-state index is 0.647. The number of anilines is 3. The molecule has 1 aromatic heterocycles. The summed E-state index contributed by atoms with van der Waals surface area (Å²) in [6.45, 7) is 4.83. The molecule has 0 radical (unpaired) electrons. The van der Waals surface area contributed by atoms with Crippen molar-refractivity contribution in [2.24, 2.45) is 0 Å². The highest BCUT2D eigenvalue weighted by molar-refractivity contribution is 5.63. The Labute approximate surface area is 119 Å². The highest BCUT2D eigenvalue weighted by Gasteiger charge is 2.10. The molecule has 0 saturated heterocycles. The Hall–Kier alpha value is -2.30. The monoisotopic (exact) mass is 272 g/mol. The number of nitrogens with one attached hydrogen (secondary N) is 1. The molecule has 0 spiro atoms. The summed E-state index contributed by atoms with van der Waals surface area (Å²) < 4.78 is 5.18. The molecule has 5 nitrogen and oxygen atoms in total. The second-order valence-corrected chi connectivity index (χ2v) is 4.49. The molecule has 20 heavy (non-hydrogen) atoms. The van der Waals surface area contributed by atoms with Gasteiger partial charge < -0.3 is 15.0 Å². The zero-order valence-corrected chi connectivity index (χ0v) is 12.3. The van der Waals surface area contributed by atoms with Crippen LogP contribution in [0.5, 0.6) is 5.75 Å². The first-order valence-corrected chi connectivity index (χ1v) is 6.61. The molecule has 106 valence electrons. The molecule has 2 rings (SSSR count). The van der Waals surface area contributed by atoms with Gasteiger partial charge in [0.1, 0.15) is 11.6 Å². The minimum Gasteiger partial charge on any atom is -0.497 e. The van der Waals surface area contributed by atoms with Crippen molar-refractivity contribution in [1.29, 1.82) is 0 Å². The fraction of sp³-hybridized carbons (Fsp3) is 0.333. The van der Waals surface area contributed by atoms with Gasteiger partial charge in [-0.05, 0) is 38.1 Å². The average molecular weight is 272 g/mol. The van der Waals surface area contributed by atoms with Crippen LogP contribution in [0.25, 0.3) is 0 Å². The lowest BCUT2D eigenvalue weighted by molar-refractivity contribution is 0.415. The van der Waals surface area contributed by atoms with Crippen molar-refractivity contribution in [3.05, 3.63) is 36.0 Å². The molecule has 5 heteroatoms. The average Bonchev–Trinajstić information content (AvgIpc) is 2.49. The van der Waals surface area contributed by atoms with Crippen LogP contribution in [0, 0.1) is 6.92 Å². The van der Waals surface area contributed by atoms with Crippen LogP contribution in [0.2, 0.25) is 0 Å². The third kappa shape index (κ3) is 2.99. The van der Waals surface area contributed by atoms with E-state index in [0.717, 1.165) is 29.4 Å². The second kappa shape index (κ2) is 6.23. The smallest absolute Gasteiger partial charge is 0.224 e. The van der Waals surface area contributed by atoms with Crippen LogP contribution < -0.4 is 15.0 Å². The van der Waals surface area contributed by atoms with Gasteiger partial charge in [-0.2, -0.15) is 4.98 Å². The fourth-order valence-corrected chi connectivity index (χ4v) is 1.94. The molecule has 0 atom stereocenters. The molecule has 0 aliphatic rings. The van der Waals surface area contributed by atoms with Gasteiger partial charge in [0.15, 0.2) is 0 Å². The Bertz CT molecular complexity index is 569. The Balaban J connectivity index is 2.30. The number of aryl methyl sites for hydroxylation is 1. The molecule has 1 heterocycles. The Morgan fingerprint density at radius 2 is 1.95 bits per heavy atom. The highest BCUT2D eigenvalue weighted by atomic mass is 16.5. The molecular weight excluding hydrogens is 252 g/mol. The molecule has 0 saturated carbocycles. The van der Waals surface area contributed by atoms with Crippen LogP contribution in [-0.2, 0) is 0 Å². The maximum atomic E-state index is 5.18. The quantitative estimate of drug-likeness (QED) is 0.906. The molecule has 2 aromatic rings. The number of rotatable bonds is 5. The molecule has 1 aromatic carbocycles. The first kappa shape index (κ1) is 14.1. The topological polar surface area (TPSA) is 50.3 Å². The van der Waals surface area contributed by atoms with E-state index in [-0.39, 0.29) is 0 Å². The number of aromatic nitrogens is 2. The van der Waals surface area contributed by atoms with Crippen molar-refractivity contribution in [3.8, 4) is 5.75 Å². The van der Waals surface area contributed by atoms with E-state index in [2.05, 4.69) is 15.3 Å². The third-order valence-corrected chi connectivity index (χ3v) is 3.06. The summed E-state index contributed by atoms with van der Waals surface area (Å²) in [6.07, 6.45) is 1.83. The van der Waals surface area contributed by atoms with Crippen LogP contribution in [-0.4, -0.2) is 30.7 Å². The fourth-order valence-electron chi connectivity index (χ4n) is 1.94. The number of hydrogen-bond acceptors (Lipinski definition) is 5. The number of benzene rings is 1. The zero-order valence-electron chi connectivity index (χ0n) is 12.3. The largest absolute Gasteiger partial charge is 0.497 e. The molecule has 0 fully saturated rings. The molecule has 1 N–H and O–H groups in total. The predicted octanol–water partition coefficient (Wildman–Crippen LogP) is 2.99. The van der Waals surface area contributed by atoms with Crippen LogP contribution in [0.3, 0.4) is 0 Å². The van der Waals surface area contributed by atoms with Crippen LogP contribution in [0.4, 0.5) is 17.5 Å². The van der Waals surface area contributed by atoms with Crippen LogP contribution in [0.15, 0.2) is 30.5 Å². The van der Waals surface area contributed by atoms with Crippen molar-refractivity contribution in [3.63, 3.8) is 0 Å². The summed E-state index contributed by atoms with van der Waals surface area (Å²) in [5, 5.41) is 3.13. The van der Waals surface area contributed by atoms with Gasteiger partial charge in [0.25, 0.3) is 0 Å². The molecule has 0 unspecified atom stereocenters. The van der Waals surface area contributed by atoms with Gasteiger partial charge in [0.05, 0.1) is 7.11 Å². The first-order valence-electron chi connectivity index (χ1n) is 6.61. The summed E-state index contributed by atoms with van der Waals surface area (Å²) in [5.74, 6) is 2.38. The van der Waals surface area contributed by atoms with Crippen molar-refractivity contribution >= 4 is 17.5 Å². The van der Waals surface area contributed by atoms with Gasteiger partial charge in [-0.3, -0.25) is 0 Å². The van der Waals surface area contributed by atoms with Crippen molar-refractivity contribution < 1.29 is 4.74 Å². The Morgan fingerprint density at radius 1 is 1.25 bits per heavy atom. The molecule has 0 bridgehead atoms. The van der Waals surface area contributed by atoms with E-state index in [4.69, 9.17) is 4.74 Å². The van der Waals surface area contributed by atoms with E-state index in [0.29, 0.717) is 5.95 Å². The van der Waals surface area contributed by atoms with Gasteiger partial charge >= 0.3 is 0 Å². The van der Waals surface area contributed by atoms with Crippen LogP contribution in [0.1, 0.15) is 12.5 Å². The number of methoxy groups -OCH3 is 1. The lowest BCUT2D eigenvalue weighted by Crippen LogP contribution is -2.14. The summed E-state index contributed by atoms with van der Waals surface area (Å²) in [6, 6.07) is 7.89. The Kier molecular flexibility index (Phi) is 4.40. The molecular formula is C15H20N4O. The van der Waals surface area contributed by atoms with Crippen LogP contribution >= 0.6 is 0 Å². The van der Waals surface area contributed by atoms with Crippen molar-refractivity contribution in [2.75, 3.05) is 30.9 Å². The summed E-state index contributed by atoms with van der Waals surface area (Å²) in [4.78, 5) is 10.9. The van der Waals surface area contributed by atoms with E-state index in [9.17, 15) is 0 Å². The van der Waals surface area contributed by atoms with Crippen molar-refractivity contribution in [1.82, 2.24) is 9.97 Å². The number of ether oxygens (including phenoxy) is 1. The maximum absolute atomic E-state index is 5.18. The number of hydrogen-bond donors (Lipinski definition) is 1. The maximum Gasteiger partial charge on any atom is 0.224 e. The highest BCUT2D eigenvalue weighted by Crippen LogP contribution is 2.26. The standard InChI is InChI=1S/C15H20N4O/c1-5-16-15-17-10-11(2)14(18-15)19(3)12-6-8-13(20-4)9-7-12/h6-10H,5H2,1-4H3,(H,16,17,18). The molecule has 0 aliphatic carbocycles. The normalized spacial score (nSPS) is 10.2. The Morgan fingerprint density at radius 3 is 2.55 bits per heavy atom. The SMILES string of the molecule is CCNc1ncc(C)c(N(C)c2ccc(OC)cc2)n1. The van der Waals surface area contributed by atoms with Gasteiger partial charge in [-0.25, -0.2) is 4.98 Å². The van der Waals surface area contributed by atoms with E-state index in [1.807, 2.05) is 56.3 Å². The minimum absolute atomic E-state index is 0.647. The molecule has 0 aliphatic heterocycles. The lowest BCUT2D eigenvalue weighted by Gasteiger charge is -2.21. The second-order valence-electron chi connectivity index (χ2n) is 4.49. The summed E-state index contributed by atoms with van der Waals surface area (Å²) in [7, 11) is 3.66. The van der Waals surface area contributed by atoms with Crippen molar-refractivity contribution in [2.45, 2.75) is 13.8 Å². The van der Waals surface area contributed by atoms with Gasteiger partial charge in [0.2, 0.25) is 5.95 Å². The lowest BCUT2D eigenvalue weighted by atomic mass is 10.2. The van der Waals surface area contributed by atoms with Gasteiger partial charge in [-0.15, -0.1) is 0 Å². The molecule has 0 amide bonds. The predicted molar refractivity (Wildman–Crippen MR) is 82.0 cm³/mol. The van der Waals surface area contributed by atoms with E-state index in [1.54, 1.807) is 7.11 Å². The van der Waals surface area contributed by atoms with Gasteiger partial charge in [0, 0.05) is 31.0 Å². The van der Waals surface area contributed by atoms with E-state index >= 15 is 0 Å². The summed E-state index contributed by atoms with van der Waals surface area (Å²) >= 11 is 0.